The summed E-state index contributed by atoms with van der Waals surface area (Å²) in [6, 6.07) is 14.4. The summed E-state index contributed by atoms with van der Waals surface area (Å²) < 4.78 is 11.0. The van der Waals surface area contributed by atoms with Crippen molar-refractivity contribution >= 4 is 11.8 Å². The van der Waals surface area contributed by atoms with Crippen molar-refractivity contribution in [3.05, 3.63) is 59.7 Å². The number of nitrogens with zero attached hydrogens (tertiary/aromatic N) is 1. The van der Waals surface area contributed by atoms with Crippen molar-refractivity contribution < 1.29 is 19.1 Å². The number of para-hydroxylation sites is 1. The zero-order valence-corrected chi connectivity index (χ0v) is 18.5. The second-order valence-corrected chi connectivity index (χ2v) is 7.51. The average Bonchev–Trinajstić information content (AvgIpc) is 2.72. The molecule has 0 unspecified atom stereocenters. The number of aryl methyl sites for hydroxylation is 1. The smallest absolute Gasteiger partial charge is 0.261 e. The highest BCUT2D eigenvalue weighted by Crippen LogP contribution is 2.19. The summed E-state index contributed by atoms with van der Waals surface area (Å²) in [6.07, 6.45) is 0.505. The molecule has 0 spiro atoms. The van der Waals surface area contributed by atoms with E-state index in [0.717, 1.165) is 16.9 Å². The fourth-order valence-electron chi connectivity index (χ4n) is 3.17. The molecule has 162 valence electrons. The molecule has 0 radical (unpaired) electrons. The van der Waals surface area contributed by atoms with Crippen molar-refractivity contribution in [3.63, 3.8) is 0 Å². The second kappa shape index (κ2) is 11.2. The molecule has 2 aromatic rings. The van der Waals surface area contributed by atoms with Crippen LogP contribution in [0.1, 0.15) is 38.3 Å². The number of ether oxygens (including phenoxy) is 2. The Kier molecular flexibility index (Phi) is 8.71. The van der Waals surface area contributed by atoms with E-state index in [-0.39, 0.29) is 24.5 Å². The first-order valence-electron chi connectivity index (χ1n) is 10.3. The molecular formula is C24H32N2O4. The quantitative estimate of drug-likeness (QED) is 0.646. The lowest BCUT2D eigenvalue weighted by Gasteiger charge is -2.31. The molecule has 2 rings (SSSR count). The Morgan fingerprint density at radius 3 is 2.30 bits per heavy atom. The highest BCUT2D eigenvalue weighted by molar-refractivity contribution is 5.88. The van der Waals surface area contributed by atoms with Gasteiger partial charge in [-0.05, 0) is 56.5 Å². The van der Waals surface area contributed by atoms with Gasteiger partial charge in [0.25, 0.3) is 5.91 Å². The fraction of sp³-hybridized carbons (Fsp3) is 0.417. The Labute approximate surface area is 179 Å². The number of amides is 2. The summed E-state index contributed by atoms with van der Waals surface area (Å²) in [5.74, 6) is 1.00. The number of methoxy groups -OCH3 is 1. The minimum atomic E-state index is -0.581. The predicted octanol–water partition coefficient (Wildman–Crippen LogP) is 3.71. The molecule has 0 aliphatic heterocycles. The molecule has 0 aliphatic rings. The number of benzene rings is 2. The van der Waals surface area contributed by atoms with E-state index in [0.29, 0.717) is 18.7 Å². The van der Waals surface area contributed by atoms with Gasteiger partial charge in [-0.25, -0.2) is 0 Å². The van der Waals surface area contributed by atoms with Gasteiger partial charge in [-0.15, -0.1) is 0 Å². The van der Waals surface area contributed by atoms with Crippen LogP contribution < -0.4 is 14.8 Å². The van der Waals surface area contributed by atoms with Gasteiger partial charge in [0.2, 0.25) is 5.91 Å². The van der Waals surface area contributed by atoms with Gasteiger partial charge in [0, 0.05) is 12.6 Å². The second-order valence-electron chi connectivity index (χ2n) is 7.51. The van der Waals surface area contributed by atoms with Crippen LogP contribution in [-0.4, -0.2) is 42.5 Å². The summed E-state index contributed by atoms with van der Waals surface area (Å²) in [7, 11) is 1.61. The van der Waals surface area contributed by atoms with E-state index in [2.05, 4.69) is 5.32 Å². The van der Waals surface area contributed by atoms with Crippen molar-refractivity contribution in [2.75, 3.05) is 13.7 Å². The number of rotatable bonds is 10. The number of carbonyl (C=O) groups is 2. The number of hydrogen-bond donors (Lipinski definition) is 1. The highest BCUT2D eigenvalue weighted by atomic mass is 16.5. The van der Waals surface area contributed by atoms with Crippen molar-refractivity contribution in [3.8, 4) is 11.5 Å². The van der Waals surface area contributed by atoms with Gasteiger partial charge >= 0.3 is 0 Å². The lowest BCUT2D eigenvalue weighted by molar-refractivity contribution is -0.143. The van der Waals surface area contributed by atoms with Crippen LogP contribution in [-0.2, 0) is 16.1 Å². The maximum Gasteiger partial charge on any atom is 0.261 e. The van der Waals surface area contributed by atoms with Crippen LogP contribution in [0.5, 0.6) is 11.5 Å². The topological polar surface area (TPSA) is 67.9 Å². The summed E-state index contributed by atoms with van der Waals surface area (Å²) in [5.41, 5.74) is 1.87. The molecule has 30 heavy (non-hydrogen) atoms. The molecule has 2 aromatic carbocycles. The molecule has 0 aromatic heterocycles. The number of carbonyl (C=O) groups excluding carboxylic acids is 2. The van der Waals surface area contributed by atoms with Gasteiger partial charge in [-0.1, -0.05) is 37.3 Å². The molecule has 0 heterocycles. The first kappa shape index (κ1) is 23.3. The molecular weight excluding hydrogens is 380 g/mol. The molecule has 1 atom stereocenters. The van der Waals surface area contributed by atoms with E-state index in [1.807, 2.05) is 76.2 Å². The molecule has 0 fully saturated rings. The highest BCUT2D eigenvalue weighted by Gasteiger charge is 2.29. The Hall–Kier alpha value is -3.02. The third-order valence-corrected chi connectivity index (χ3v) is 4.77. The lowest BCUT2D eigenvalue weighted by atomic mass is 10.1. The van der Waals surface area contributed by atoms with Gasteiger partial charge < -0.3 is 19.7 Å². The van der Waals surface area contributed by atoms with E-state index in [1.54, 1.807) is 12.0 Å². The normalized spacial score (nSPS) is 11.7. The Bertz CT molecular complexity index is 833. The van der Waals surface area contributed by atoms with Gasteiger partial charge in [0.15, 0.2) is 6.61 Å². The summed E-state index contributed by atoms with van der Waals surface area (Å²) in [4.78, 5) is 27.5. The average molecular weight is 413 g/mol. The maximum atomic E-state index is 13.1. The van der Waals surface area contributed by atoms with E-state index in [4.69, 9.17) is 9.47 Å². The van der Waals surface area contributed by atoms with Crippen LogP contribution in [0.15, 0.2) is 48.5 Å². The Morgan fingerprint density at radius 2 is 1.73 bits per heavy atom. The largest absolute Gasteiger partial charge is 0.497 e. The molecule has 0 bridgehead atoms. The van der Waals surface area contributed by atoms with Crippen molar-refractivity contribution in [1.82, 2.24) is 10.2 Å². The molecule has 1 N–H and O–H groups in total. The molecule has 0 saturated carbocycles. The van der Waals surface area contributed by atoms with Crippen LogP contribution in [0, 0.1) is 6.92 Å². The SMILES string of the molecule is CC[C@@H](C(=O)NC(C)C)N(Cc1ccc(OC)cc1)C(=O)COc1ccccc1C. The predicted molar refractivity (Wildman–Crippen MR) is 118 cm³/mol. The summed E-state index contributed by atoms with van der Waals surface area (Å²) >= 11 is 0. The van der Waals surface area contributed by atoms with E-state index < -0.39 is 6.04 Å². The van der Waals surface area contributed by atoms with Crippen LogP contribution in [0.2, 0.25) is 0 Å². The van der Waals surface area contributed by atoms with Gasteiger partial charge in [-0.3, -0.25) is 9.59 Å². The minimum absolute atomic E-state index is 0.00675. The Morgan fingerprint density at radius 1 is 1.07 bits per heavy atom. The van der Waals surface area contributed by atoms with E-state index in [1.165, 1.54) is 0 Å². The van der Waals surface area contributed by atoms with Gasteiger partial charge in [0.05, 0.1) is 7.11 Å². The monoisotopic (exact) mass is 412 g/mol. The molecule has 6 nitrogen and oxygen atoms in total. The van der Waals surface area contributed by atoms with Crippen LogP contribution in [0.4, 0.5) is 0 Å². The van der Waals surface area contributed by atoms with Crippen molar-refractivity contribution in [2.24, 2.45) is 0 Å². The molecule has 2 amide bonds. The van der Waals surface area contributed by atoms with E-state index in [9.17, 15) is 9.59 Å². The maximum absolute atomic E-state index is 13.1. The van der Waals surface area contributed by atoms with Crippen LogP contribution >= 0.6 is 0 Å². The zero-order chi connectivity index (χ0) is 22.1. The fourth-order valence-corrected chi connectivity index (χ4v) is 3.17. The zero-order valence-electron chi connectivity index (χ0n) is 18.5. The molecule has 0 aliphatic carbocycles. The third kappa shape index (κ3) is 6.51. The van der Waals surface area contributed by atoms with Crippen LogP contribution in [0.25, 0.3) is 0 Å². The van der Waals surface area contributed by atoms with E-state index >= 15 is 0 Å². The molecule has 0 saturated heterocycles. The Balaban J connectivity index is 2.22. The van der Waals surface area contributed by atoms with Crippen molar-refractivity contribution in [2.45, 2.75) is 52.7 Å². The first-order valence-corrected chi connectivity index (χ1v) is 10.3. The summed E-state index contributed by atoms with van der Waals surface area (Å²) in [5, 5.41) is 2.92. The first-order chi connectivity index (χ1) is 14.3. The number of hydrogen-bond acceptors (Lipinski definition) is 4. The van der Waals surface area contributed by atoms with Crippen LogP contribution in [0.3, 0.4) is 0 Å². The summed E-state index contributed by atoms with van der Waals surface area (Å²) in [6.45, 7) is 7.82. The minimum Gasteiger partial charge on any atom is -0.497 e. The lowest BCUT2D eigenvalue weighted by Crippen LogP contribution is -2.51. The third-order valence-electron chi connectivity index (χ3n) is 4.77. The van der Waals surface area contributed by atoms with Gasteiger partial charge in [0.1, 0.15) is 17.5 Å². The molecule has 6 heteroatoms. The standard InChI is InChI=1S/C24H32N2O4/c1-6-21(24(28)25-17(2)3)26(15-19-11-13-20(29-5)14-12-19)23(27)16-30-22-10-8-7-9-18(22)4/h7-14,17,21H,6,15-16H2,1-5H3,(H,25,28)/t21-/m0/s1. The number of nitrogens with one attached hydrogen (secondary N) is 1. The van der Waals surface area contributed by atoms with Gasteiger partial charge in [-0.2, -0.15) is 0 Å². The van der Waals surface area contributed by atoms with Crippen molar-refractivity contribution in [1.29, 1.82) is 0 Å².